The molecule has 2 aromatic rings. The third-order valence-corrected chi connectivity index (χ3v) is 3.59. The molecule has 6 heteroatoms. The smallest absolute Gasteiger partial charge is 0.274 e. The molecule has 2 N–H and O–H groups in total. The van der Waals surface area contributed by atoms with E-state index >= 15 is 0 Å². The lowest BCUT2D eigenvalue weighted by Gasteiger charge is -2.09. The highest BCUT2D eigenvalue weighted by atomic mass is 35.5. The van der Waals surface area contributed by atoms with Crippen molar-refractivity contribution in [2.75, 3.05) is 17.2 Å². The molecule has 1 amide bonds. The minimum atomic E-state index is -0.333. The summed E-state index contributed by atoms with van der Waals surface area (Å²) < 4.78 is 0. The van der Waals surface area contributed by atoms with Crippen molar-refractivity contribution in [1.82, 2.24) is 4.98 Å². The third-order valence-electron chi connectivity index (χ3n) is 2.87. The number of rotatable bonds is 4. The van der Waals surface area contributed by atoms with Crippen molar-refractivity contribution < 1.29 is 4.79 Å². The molecule has 0 saturated heterocycles. The van der Waals surface area contributed by atoms with Crippen molar-refractivity contribution in [2.24, 2.45) is 0 Å². The summed E-state index contributed by atoms with van der Waals surface area (Å²) in [7, 11) is 0. The molecule has 4 nitrogen and oxygen atoms in total. The summed E-state index contributed by atoms with van der Waals surface area (Å²) in [5.74, 6) is -0.333. The molecular weight excluding hydrogens is 309 g/mol. The van der Waals surface area contributed by atoms with Crippen LogP contribution in [0.15, 0.2) is 30.5 Å². The Hall–Kier alpha value is -1.78. The van der Waals surface area contributed by atoms with Gasteiger partial charge in [-0.3, -0.25) is 4.79 Å². The quantitative estimate of drug-likeness (QED) is 0.877. The number of aryl methyl sites for hydroxylation is 1. The Morgan fingerprint density at radius 2 is 2.00 bits per heavy atom. The summed E-state index contributed by atoms with van der Waals surface area (Å²) >= 11 is 12.1. The van der Waals surface area contributed by atoms with Crippen molar-refractivity contribution in [3.8, 4) is 0 Å². The lowest BCUT2D eigenvalue weighted by molar-refractivity contribution is 0.102. The molecule has 1 aromatic carbocycles. The van der Waals surface area contributed by atoms with Gasteiger partial charge in [-0.25, -0.2) is 4.98 Å². The van der Waals surface area contributed by atoms with Gasteiger partial charge in [-0.1, -0.05) is 23.2 Å². The maximum Gasteiger partial charge on any atom is 0.274 e. The lowest BCUT2D eigenvalue weighted by atomic mass is 10.2. The van der Waals surface area contributed by atoms with Crippen LogP contribution in [0, 0.1) is 6.92 Å². The number of carbonyl (C=O) groups is 1. The highest BCUT2D eigenvalue weighted by Gasteiger charge is 2.11. The Kier molecular flexibility index (Phi) is 5.04. The number of benzene rings is 1. The molecule has 0 fully saturated rings. The molecule has 0 radical (unpaired) electrons. The van der Waals surface area contributed by atoms with Crippen LogP contribution in [0.4, 0.5) is 11.4 Å². The van der Waals surface area contributed by atoms with E-state index in [1.807, 2.05) is 13.8 Å². The van der Waals surface area contributed by atoms with Crippen LogP contribution in [0.3, 0.4) is 0 Å². The molecule has 0 aliphatic carbocycles. The molecule has 1 heterocycles. The molecule has 0 bridgehead atoms. The van der Waals surface area contributed by atoms with Crippen LogP contribution in [0.1, 0.15) is 23.0 Å². The van der Waals surface area contributed by atoms with E-state index in [0.717, 1.165) is 17.8 Å². The van der Waals surface area contributed by atoms with Crippen molar-refractivity contribution in [2.45, 2.75) is 13.8 Å². The molecule has 0 spiro atoms. The molecule has 0 atom stereocenters. The van der Waals surface area contributed by atoms with Gasteiger partial charge in [0.25, 0.3) is 5.91 Å². The van der Waals surface area contributed by atoms with Crippen molar-refractivity contribution in [3.05, 3.63) is 51.8 Å². The minimum Gasteiger partial charge on any atom is -0.384 e. The van der Waals surface area contributed by atoms with Crippen LogP contribution in [0.5, 0.6) is 0 Å². The minimum absolute atomic E-state index is 0.310. The fourth-order valence-electron chi connectivity index (χ4n) is 1.77. The normalized spacial score (nSPS) is 10.3. The number of halogens is 2. The van der Waals surface area contributed by atoms with E-state index in [1.54, 1.807) is 30.5 Å². The van der Waals surface area contributed by atoms with E-state index in [2.05, 4.69) is 15.6 Å². The third kappa shape index (κ3) is 3.86. The molecule has 21 heavy (non-hydrogen) atoms. The first-order chi connectivity index (χ1) is 10.0. The van der Waals surface area contributed by atoms with E-state index in [1.165, 1.54) is 0 Å². The Morgan fingerprint density at radius 1 is 1.24 bits per heavy atom. The molecular formula is C15H15Cl2N3O. The van der Waals surface area contributed by atoms with Crippen molar-refractivity contribution >= 4 is 40.5 Å². The topological polar surface area (TPSA) is 54.0 Å². The lowest BCUT2D eigenvalue weighted by Crippen LogP contribution is -2.14. The fraction of sp³-hybridized carbons (Fsp3) is 0.200. The Morgan fingerprint density at radius 3 is 2.62 bits per heavy atom. The van der Waals surface area contributed by atoms with Gasteiger partial charge < -0.3 is 10.6 Å². The second kappa shape index (κ2) is 6.78. The predicted octanol–water partition coefficient (Wildman–Crippen LogP) is 4.38. The SMILES string of the molecule is CCNc1ccc(C(=O)Nc2cc(Cl)c(C)cc2Cl)nc1. The largest absolute Gasteiger partial charge is 0.384 e. The number of amides is 1. The van der Waals surface area contributed by atoms with Crippen molar-refractivity contribution in [3.63, 3.8) is 0 Å². The zero-order valence-electron chi connectivity index (χ0n) is 11.7. The van der Waals surface area contributed by atoms with Gasteiger partial charge in [0.2, 0.25) is 0 Å². The van der Waals surface area contributed by atoms with Crippen LogP contribution >= 0.6 is 23.2 Å². The molecule has 110 valence electrons. The maximum atomic E-state index is 12.1. The second-order valence-corrected chi connectivity index (χ2v) is 5.31. The van der Waals surface area contributed by atoms with Gasteiger partial charge in [0.1, 0.15) is 5.69 Å². The van der Waals surface area contributed by atoms with Gasteiger partial charge in [0.05, 0.1) is 22.6 Å². The fourth-order valence-corrected chi connectivity index (χ4v) is 2.19. The summed E-state index contributed by atoms with van der Waals surface area (Å²) in [6.45, 7) is 4.63. The van der Waals surface area contributed by atoms with Gasteiger partial charge in [-0.2, -0.15) is 0 Å². The highest BCUT2D eigenvalue weighted by molar-refractivity contribution is 6.36. The van der Waals surface area contributed by atoms with Gasteiger partial charge in [-0.05, 0) is 43.7 Å². The van der Waals surface area contributed by atoms with E-state index < -0.39 is 0 Å². The first kappa shape index (κ1) is 15.6. The first-order valence-electron chi connectivity index (χ1n) is 6.48. The first-order valence-corrected chi connectivity index (χ1v) is 7.23. The number of aromatic nitrogens is 1. The average molecular weight is 324 g/mol. The average Bonchev–Trinajstić information content (AvgIpc) is 2.46. The summed E-state index contributed by atoms with van der Waals surface area (Å²) in [6, 6.07) is 6.79. The zero-order chi connectivity index (χ0) is 15.4. The number of carbonyl (C=O) groups excluding carboxylic acids is 1. The Bertz CT molecular complexity index is 657. The molecule has 2 rings (SSSR count). The van der Waals surface area contributed by atoms with Gasteiger partial charge in [-0.15, -0.1) is 0 Å². The molecule has 0 aliphatic heterocycles. The summed E-state index contributed by atoms with van der Waals surface area (Å²) in [5.41, 5.74) is 2.50. The Labute approximate surface area is 133 Å². The van der Waals surface area contributed by atoms with E-state index in [0.29, 0.717) is 21.4 Å². The standard InChI is InChI=1S/C15H15Cl2N3O/c1-3-18-10-4-5-13(19-8-10)15(21)20-14-7-11(16)9(2)6-12(14)17/h4-8,18H,3H2,1-2H3,(H,20,21). The number of nitrogens with zero attached hydrogens (tertiary/aromatic N) is 1. The van der Waals surface area contributed by atoms with E-state index in [-0.39, 0.29) is 5.91 Å². The summed E-state index contributed by atoms with van der Waals surface area (Å²) in [4.78, 5) is 16.2. The van der Waals surface area contributed by atoms with Gasteiger partial charge in [0.15, 0.2) is 0 Å². The van der Waals surface area contributed by atoms with Crippen LogP contribution in [-0.2, 0) is 0 Å². The summed E-state index contributed by atoms with van der Waals surface area (Å²) in [5, 5.41) is 6.81. The molecule has 0 saturated carbocycles. The zero-order valence-corrected chi connectivity index (χ0v) is 13.2. The number of nitrogens with one attached hydrogen (secondary N) is 2. The van der Waals surface area contributed by atoms with Gasteiger partial charge in [0, 0.05) is 11.6 Å². The van der Waals surface area contributed by atoms with E-state index in [4.69, 9.17) is 23.2 Å². The molecule has 0 aliphatic rings. The number of pyridine rings is 1. The highest BCUT2D eigenvalue weighted by Crippen LogP contribution is 2.29. The van der Waals surface area contributed by atoms with Crippen LogP contribution in [0.25, 0.3) is 0 Å². The monoisotopic (exact) mass is 323 g/mol. The predicted molar refractivity (Wildman–Crippen MR) is 87.6 cm³/mol. The number of anilines is 2. The van der Waals surface area contributed by atoms with Crippen LogP contribution in [-0.4, -0.2) is 17.4 Å². The maximum absolute atomic E-state index is 12.1. The number of hydrogen-bond acceptors (Lipinski definition) is 3. The Balaban J connectivity index is 2.16. The molecule has 1 aromatic heterocycles. The van der Waals surface area contributed by atoms with Gasteiger partial charge >= 0.3 is 0 Å². The van der Waals surface area contributed by atoms with Crippen LogP contribution < -0.4 is 10.6 Å². The van der Waals surface area contributed by atoms with E-state index in [9.17, 15) is 4.79 Å². The molecule has 0 unspecified atom stereocenters. The number of hydrogen-bond donors (Lipinski definition) is 2. The van der Waals surface area contributed by atoms with Crippen LogP contribution in [0.2, 0.25) is 10.0 Å². The van der Waals surface area contributed by atoms with Crippen molar-refractivity contribution in [1.29, 1.82) is 0 Å². The summed E-state index contributed by atoms with van der Waals surface area (Å²) in [6.07, 6.45) is 1.61. The second-order valence-electron chi connectivity index (χ2n) is 4.50.